The Morgan fingerprint density at radius 1 is 1.13 bits per heavy atom. The molecule has 1 aromatic rings. The third-order valence-electron chi connectivity index (χ3n) is 8.53. The lowest BCUT2D eigenvalue weighted by atomic mass is 9.71. The number of esters is 1. The second kappa shape index (κ2) is 10.6. The zero-order valence-corrected chi connectivity index (χ0v) is 22.9. The molecule has 0 amide bonds. The van der Waals surface area contributed by atoms with Crippen LogP contribution < -0.4 is 9.47 Å². The molecular weight excluding hydrogens is 506 g/mol. The Morgan fingerprint density at radius 3 is 2.56 bits per heavy atom. The summed E-state index contributed by atoms with van der Waals surface area (Å²) in [4.78, 5) is 27.8. The molecule has 4 aliphatic rings. The van der Waals surface area contributed by atoms with E-state index in [0.29, 0.717) is 17.3 Å². The van der Waals surface area contributed by atoms with E-state index in [9.17, 15) is 24.9 Å². The fourth-order valence-corrected chi connectivity index (χ4v) is 6.72. The van der Waals surface area contributed by atoms with Gasteiger partial charge in [0, 0.05) is 18.5 Å². The van der Waals surface area contributed by atoms with Crippen LogP contribution in [0.1, 0.15) is 69.4 Å². The number of ether oxygens (including phenoxy) is 4. The number of carbonyl (C=O) groups excluding carboxylic acids is 1. The van der Waals surface area contributed by atoms with Crippen LogP contribution in [-0.2, 0) is 25.5 Å². The quantitative estimate of drug-likeness (QED) is 0.398. The van der Waals surface area contributed by atoms with Crippen molar-refractivity contribution >= 4 is 11.9 Å². The van der Waals surface area contributed by atoms with E-state index in [4.69, 9.17) is 18.9 Å². The Hall–Kier alpha value is -2.82. The van der Waals surface area contributed by atoms with Crippen molar-refractivity contribution in [3.8, 4) is 11.5 Å². The van der Waals surface area contributed by atoms with E-state index in [1.165, 1.54) is 7.11 Å². The minimum Gasteiger partial charge on any atom is -0.497 e. The van der Waals surface area contributed by atoms with Gasteiger partial charge in [0.15, 0.2) is 23.2 Å². The van der Waals surface area contributed by atoms with Crippen LogP contribution in [0.2, 0.25) is 0 Å². The fourth-order valence-electron chi connectivity index (χ4n) is 6.72. The number of fused-ring (bicyclic) bond motifs is 3. The van der Waals surface area contributed by atoms with Crippen molar-refractivity contribution in [3.63, 3.8) is 0 Å². The Morgan fingerprint density at radius 2 is 1.87 bits per heavy atom. The number of hydrogen-bond donors (Lipinski definition) is 3. The summed E-state index contributed by atoms with van der Waals surface area (Å²) >= 11 is 0. The summed E-state index contributed by atoms with van der Waals surface area (Å²) in [5.41, 5.74) is -1.19. The summed E-state index contributed by atoms with van der Waals surface area (Å²) in [6.07, 6.45) is 3.58. The first kappa shape index (κ1) is 27.7. The largest absolute Gasteiger partial charge is 0.497 e. The standard InChI is InChI=1S/C29H39NO9/c1-28(2,34)8-5-9-29(35,15-23(31)32)27(33)39-26-22(36-3)13-18-6-4-10-30-11-7-17-12-20-21(38-16-37-20)14-19(17)24(26)25(18)30/h12-14,18,24-26,34-35H,4-11,15-16H2,1-3H3,(H,31,32)/t18-,24+,25?,26-,29-/m1/s1. The number of hydrogen-bond acceptors (Lipinski definition) is 9. The van der Waals surface area contributed by atoms with Gasteiger partial charge in [-0.2, -0.15) is 0 Å². The van der Waals surface area contributed by atoms with Crippen LogP contribution in [0, 0.1) is 5.92 Å². The highest BCUT2D eigenvalue weighted by Crippen LogP contribution is 2.49. The zero-order chi connectivity index (χ0) is 27.9. The topological polar surface area (TPSA) is 135 Å². The van der Waals surface area contributed by atoms with Crippen molar-refractivity contribution in [2.75, 3.05) is 27.0 Å². The van der Waals surface area contributed by atoms with E-state index in [1.807, 2.05) is 18.2 Å². The molecule has 5 rings (SSSR count). The Labute approximate surface area is 228 Å². The van der Waals surface area contributed by atoms with Gasteiger partial charge in [0.25, 0.3) is 0 Å². The van der Waals surface area contributed by atoms with Gasteiger partial charge < -0.3 is 34.3 Å². The second-order valence-electron chi connectivity index (χ2n) is 11.9. The number of carbonyl (C=O) groups is 2. The molecule has 39 heavy (non-hydrogen) atoms. The highest BCUT2D eigenvalue weighted by atomic mass is 16.7. The number of piperidine rings is 1. The summed E-state index contributed by atoms with van der Waals surface area (Å²) in [7, 11) is 1.54. The minimum absolute atomic E-state index is 0.0415. The molecule has 1 saturated heterocycles. The van der Waals surface area contributed by atoms with Gasteiger partial charge in [0.1, 0.15) is 5.76 Å². The lowest BCUT2D eigenvalue weighted by Gasteiger charge is -2.48. The van der Waals surface area contributed by atoms with Gasteiger partial charge in [-0.3, -0.25) is 9.69 Å². The first-order chi connectivity index (χ1) is 18.5. The van der Waals surface area contributed by atoms with Gasteiger partial charge in [-0.25, -0.2) is 4.79 Å². The summed E-state index contributed by atoms with van der Waals surface area (Å²) in [5, 5.41) is 31.0. The molecule has 0 radical (unpaired) electrons. The monoisotopic (exact) mass is 545 g/mol. The Balaban J connectivity index is 1.52. The van der Waals surface area contributed by atoms with Crippen molar-refractivity contribution in [1.82, 2.24) is 4.90 Å². The first-order valence-corrected chi connectivity index (χ1v) is 13.8. The summed E-state index contributed by atoms with van der Waals surface area (Å²) in [6, 6.07) is 4.02. The van der Waals surface area contributed by atoms with E-state index >= 15 is 0 Å². The number of carboxylic acids is 1. The highest BCUT2D eigenvalue weighted by molar-refractivity contribution is 5.85. The van der Waals surface area contributed by atoms with E-state index in [-0.39, 0.29) is 43.9 Å². The predicted molar refractivity (Wildman–Crippen MR) is 139 cm³/mol. The molecule has 3 N–H and O–H groups in total. The maximum Gasteiger partial charge on any atom is 0.339 e. The van der Waals surface area contributed by atoms with E-state index < -0.39 is 35.7 Å². The molecule has 10 nitrogen and oxygen atoms in total. The smallest absolute Gasteiger partial charge is 0.339 e. The number of carboxylic acid groups (broad SMARTS) is 1. The normalized spacial score (nSPS) is 27.4. The SMILES string of the molecule is COC1=C[C@H]2CCCN3CCc4cc5c(cc4[C@@H](C23)[C@@H]1OC(=O)[C@@](O)(CCCC(C)(C)O)CC(=O)O)OCO5. The Bertz CT molecular complexity index is 1140. The van der Waals surface area contributed by atoms with Gasteiger partial charge in [-0.05, 0) is 94.2 Å². The molecule has 1 unspecified atom stereocenters. The van der Waals surface area contributed by atoms with Crippen molar-refractivity contribution in [2.45, 2.75) is 88.1 Å². The molecule has 1 aliphatic carbocycles. The molecule has 0 spiro atoms. The van der Waals surface area contributed by atoms with Gasteiger partial charge in [-0.1, -0.05) is 0 Å². The predicted octanol–water partition coefficient (Wildman–Crippen LogP) is 2.74. The molecule has 10 heteroatoms. The van der Waals surface area contributed by atoms with Gasteiger partial charge in [0.2, 0.25) is 6.79 Å². The van der Waals surface area contributed by atoms with Crippen LogP contribution >= 0.6 is 0 Å². The number of nitrogens with zero attached hydrogens (tertiary/aromatic N) is 1. The summed E-state index contributed by atoms with van der Waals surface area (Å²) < 4.78 is 23.2. The number of aliphatic hydroxyl groups is 2. The number of benzene rings is 1. The van der Waals surface area contributed by atoms with E-state index in [1.54, 1.807) is 13.8 Å². The van der Waals surface area contributed by atoms with Gasteiger partial charge >= 0.3 is 11.9 Å². The molecule has 3 heterocycles. The lowest BCUT2D eigenvalue weighted by molar-refractivity contribution is -0.179. The molecule has 214 valence electrons. The second-order valence-corrected chi connectivity index (χ2v) is 11.9. The molecule has 0 bridgehead atoms. The van der Waals surface area contributed by atoms with Gasteiger partial charge in [0.05, 0.1) is 19.1 Å². The number of methoxy groups -OCH3 is 1. The molecular formula is C29H39NO9. The zero-order valence-electron chi connectivity index (χ0n) is 22.9. The summed E-state index contributed by atoms with van der Waals surface area (Å²) in [6.45, 7) is 5.17. The number of aliphatic carboxylic acids is 1. The third-order valence-corrected chi connectivity index (χ3v) is 8.53. The maximum atomic E-state index is 13.7. The molecule has 3 aliphatic heterocycles. The van der Waals surface area contributed by atoms with Crippen LogP contribution in [0.3, 0.4) is 0 Å². The van der Waals surface area contributed by atoms with Gasteiger partial charge in [-0.15, -0.1) is 0 Å². The van der Waals surface area contributed by atoms with Crippen molar-refractivity contribution in [1.29, 1.82) is 0 Å². The maximum absolute atomic E-state index is 13.7. The van der Waals surface area contributed by atoms with Crippen molar-refractivity contribution < 1.29 is 43.9 Å². The highest BCUT2D eigenvalue weighted by Gasteiger charge is 2.51. The Kier molecular flexibility index (Phi) is 7.56. The molecule has 0 saturated carbocycles. The molecule has 0 aromatic heterocycles. The van der Waals surface area contributed by atoms with Crippen LogP contribution in [0.5, 0.6) is 11.5 Å². The molecule has 1 fully saturated rings. The molecule has 5 atom stereocenters. The molecule has 1 aromatic carbocycles. The van der Waals surface area contributed by atoms with Crippen molar-refractivity contribution in [2.24, 2.45) is 5.92 Å². The first-order valence-electron chi connectivity index (χ1n) is 13.8. The average Bonchev–Trinajstić information content (AvgIpc) is 3.25. The average molecular weight is 546 g/mol. The minimum atomic E-state index is -2.25. The van der Waals surface area contributed by atoms with E-state index in [0.717, 1.165) is 43.5 Å². The fraction of sp³-hybridized carbons (Fsp3) is 0.655. The van der Waals surface area contributed by atoms with E-state index in [2.05, 4.69) is 4.90 Å². The van der Waals surface area contributed by atoms with Crippen molar-refractivity contribution in [3.05, 3.63) is 35.1 Å². The van der Waals surface area contributed by atoms with Crippen LogP contribution in [0.25, 0.3) is 0 Å². The summed E-state index contributed by atoms with van der Waals surface area (Å²) in [5.74, 6) is -0.597. The lowest BCUT2D eigenvalue weighted by Crippen LogP contribution is -2.55. The van der Waals surface area contributed by atoms with Crippen LogP contribution in [0.4, 0.5) is 0 Å². The third kappa shape index (κ3) is 5.60. The number of rotatable bonds is 9. The van der Waals surface area contributed by atoms with Crippen LogP contribution in [-0.4, -0.2) is 82.5 Å². The van der Waals surface area contributed by atoms with Crippen LogP contribution in [0.15, 0.2) is 24.0 Å².